The molecule has 0 aromatic rings. The largest absolute Gasteiger partial charge is 0.387 e. The van der Waals surface area contributed by atoms with E-state index in [9.17, 15) is 5.11 Å². The number of rotatable bonds is 4. The van der Waals surface area contributed by atoms with Gasteiger partial charge in [0.05, 0.1) is 0 Å². The Labute approximate surface area is 83.9 Å². The minimum atomic E-state index is -1.24. The molecule has 84 valence electrons. The van der Waals surface area contributed by atoms with Crippen molar-refractivity contribution >= 4 is 0 Å². The molecule has 1 rings (SSSR count). The van der Waals surface area contributed by atoms with Crippen LogP contribution in [0.1, 0.15) is 12.8 Å². The molecule has 0 bridgehead atoms. The van der Waals surface area contributed by atoms with Gasteiger partial charge in [0.2, 0.25) is 11.6 Å². The second-order valence-electron chi connectivity index (χ2n) is 3.29. The highest BCUT2D eigenvalue weighted by molar-refractivity contribution is 5.01. The van der Waals surface area contributed by atoms with Crippen molar-refractivity contribution in [2.75, 3.05) is 28.4 Å². The van der Waals surface area contributed by atoms with E-state index in [1.165, 1.54) is 28.4 Å². The lowest BCUT2D eigenvalue weighted by molar-refractivity contribution is -0.390. The van der Waals surface area contributed by atoms with Crippen LogP contribution in [0.3, 0.4) is 0 Å². The summed E-state index contributed by atoms with van der Waals surface area (Å²) in [5, 5.41) is 9.83. The van der Waals surface area contributed by atoms with E-state index in [2.05, 4.69) is 0 Å². The predicted octanol–water partition coefficient (Wildman–Crippen LogP) is 0.119. The van der Waals surface area contributed by atoms with Crippen LogP contribution in [0.4, 0.5) is 0 Å². The van der Waals surface area contributed by atoms with Gasteiger partial charge in [-0.25, -0.2) is 0 Å². The van der Waals surface area contributed by atoms with Crippen molar-refractivity contribution < 1.29 is 24.1 Å². The van der Waals surface area contributed by atoms with Gasteiger partial charge < -0.3 is 24.1 Å². The third kappa shape index (κ3) is 1.28. The van der Waals surface area contributed by atoms with Gasteiger partial charge in [0, 0.05) is 34.9 Å². The van der Waals surface area contributed by atoms with Crippen LogP contribution in [-0.2, 0) is 18.9 Å². The van der Waals surface area contributed by atoms with E-state index >= 15 is 0 Å². The Kier molecular flexibility index (Phi) is 3.49. The molecular weight excluding hydrogens is 188 g/mol. The normalized spacial score (nSPS) is 29.4. The van der Waals surface area contributed by atoms with Gasteiger partial charge >= 0.3 is 0 Å². The number of hydrogen-bond acceptors (Lipinski definition) is 5. The van der Waals surface area contributed by atoms with Crippen molar-refractivity contribution in [1.82, 2.24) is 0 Å². The number of ether oxygens (including phenoxy) is 4. The van der Waals surface area contributed by atoms with Gasteiger partial charge in [0.25, 0.3) is 0 Å². The number of aliphatic hydroxyl groups excluding tert-OH is 1. The van der Waals surface area contributed by atoms with Gasteiger partial charge in [0.1, 0.15) is 6.10 Å². The van der Waals surface area contributed by atoms with Gasteiger partial charge in [-0.1, -0.05) is 0 Å². The number of hydrogen-bond donors (Lipinski definition) is 1. The van der Waals surface area contributed by atoms with Gasteiger partial charge in [0.15, 0.2) is 0 Å². The Morgan fingerprint density at radius 3 is 1.79 bits per heavy atom. The first kappa shape index (κ1) is 11.9. The van der Waals surface area contributed by atoms with Crippen LogP contribution < -0.4 is 0 Å². The third-order valence-corrected chi connectivity index (χ3v) is 2.98. The first-order valence-corrected chi connectivity index (χ1v) is 4.51. The fourth-order valence-corrected chi connectivity index (χ4v) is 2.18. The molecule has 0 spiro atoms. The van der Waals surface area contributed by atoms with Gasteiger partial charge in [-0.3, -0.25) is 0 Å². The molecule has 0 aliphatic heterocycles. The lowest BCUT2D eigenvalue weighted by Crippen LogP contribution is -2.60. The maximum absolute atomic E-state index is 9.83. The molecule has 0 aromatic heterocycles. The Bertz CT molecular complexity index is 186. The van der Waals surface area contributed by atoms with E-state index in [1.807, 2.05) is 0 Å². The Morgan fingerprint density at radius 1 is 1.00 bits per heavy atom. The maximum atomic E-state index is 9.83. The molecule has 0 aromatic carbocycles. The minimum absolute atomic E-state index is 0.517. The molecule has 0 amide bonds. The fourth-order valence-electron chi connectivity index (χ4n) is 2.18. The van der Waals surface area contributed by atoms with E-state index in [-0.39, 0.29) is 0 Å². The van der Waals surface area contributed by atoms with Crippen molar-refractivity contribution in [2.45, 2.75) is 30.5 Å². The number of methoxy groups -OCH3 is 4. The molecule has 1 N–H and O–H groups in total. The van der Waals surface area contributed by atoms with Crippen LogP contribution in [-0.4, -0.2) is 51.2 Å². The average Bonchev–Trinajstić information content (AvgIpc) is 2.52. The first-order valence-electron chi connectivity index (χ1n) is 4.51. The van der Waals surface area contributed by atoms with Crippen molar-refractivity contribution in [3.05, 3.63) is 0 Å². The van der Waals surface area contributed by atoms with E-state index in [1.54, 1.807) is 0 Å². The SMILES string of the molecule is COC1(OC)CCC(O)C1(OC)OC. The number of aliphatic hydroxyl groups is 1. The van der Waals surface area contributed by atoms with Gasteiger partial charge in [-0.05, 0) is 6.42 Å². The lowest BCUT2D eigenvalue weighted by atomic mass is 10.1. The molecule has 1 unspecified atom stereocenters. The van der Waals surface area contributed by atoms with Crippen molar-refractivity contribution in [2.24, 2.45) is 0 Å². The predicted molar refractivity (Wildman–Crippen MR) is 48.7 cm³/mol. The van der Waals surface area contributed by atoms with Crippen LogP contribution in [0.25, 0.3) is 0 Å². The second kappa shape index (κ2) is 4.12. The Hall–Kier alpha value is -0.200. The van der Waals surface area contributed by atoms with Gasteiger partial charge in [-0.15, -0.1) is 0 Å². The summed E-state index contributed by atoms with van der Waals surface area (Å²) in [4.78, 5) is 0. The smallest absolute Gasteiger partial charge is 0.250 e. The molecule has 1 aliphatic carbocycles. The van der Waals surface area contributed by atoms with Crippen LogP contribution in [0.2, 0.25) is 0 Å². The van der Waals surface area contributed by atoms with Crippen LogP contribution in [0, 0.1) is 0 Å². The van der Waals surface area contributed by atoms with E-state index < -0.39 is 17.7 Å². The zero-order valence-electron chi connectivity index (χ0n) is 9.07. The van der Waals surface area contributed by atoms with E-state index in [0.29, 0.717) is 12.8 Å². The van der Waals surface area contributed by atoms with Crippen molar-refractivity contribution in [1.29, 1.82) is 0 Å². The van der Waals surface area contributed by atoms with Gasteiger partial charge in [-0.2, -0.15) is 0 Å². The third-order valence-electron chi connectivity index (χ3n) is 2.98. The summed E-state index contributed by atoms with van der Waals surface area (Å²) in [5.41, 5.74) is 0. The minimum Gasteiger partial charge on any atom is -0.387 e. The molecule has 5 nitrogen and oxygen atoms in total. The molecule has 14 heavy (non-hydrogen) atoms. The summed E-state index contributed by atoms with van der Waals surface area (Å²) in [6.07, 6.45) is 0.295. The van der Waals surface area contributed by atoms with Crippen molar-refractivity contribution in [3.63, 3.8) is 0 Å². The standard InChI is InChI=1S/C9H18O5/c1-11-8(12-2)6-5-7(10)9(8,13-3)14-4/h7,10H,5-6H2,1-4H3. The monoisotopic (exact) mass is 206 g/mol. The average molecular weight is 206 g/mol. The summed E-state index contributed by atoms with van der Waals surface area (Å²) < 4.78 is 21.0. The molecule has 1 aliphatic rings. The Morgan fingerprint density at radius 2 is 1.50 bits per heavy atom. The molecule has 0 saturated heterocycles. The van der Waals surface area contributed by atoms with Crippen LogP contribution in [0.15, 0.2) is 0 Å². The maximum Gasteiger partial charge on any atom is 0.250 e. The van der Waals surface area contributed by atoms with Crippen molar-refractivity contribution in [3.8, 4) is 0 Å². The molecule has 1 atom stereocenters. The molecule has 1 fully saturated rings. The highest BCUT2D eigenvalue weighted by Gasteiger charge is 2.63. The van der Waals surface area contributed by atoms with E-state index in [0.717, 1.165) is 0 Å². The Balaban J connectivity index is 3.05. The summed E-state index contributed by atoms with van der Waals surface area (Å²) in [6.45, 7) is 0. The molecule has 0 radical (unpaired) electrons. The summed E-state index contributed by atoms with van der Waals surface area (Å²) in [7, 11) is 5.94. The second-order valence-corrected chi connectivity index (χ2v) is 3.29. The summed E-state index contributed by atoms with van der Waals surface area (Å²) in [5.74, 6) is -2.27. The topological polar surface area (TPSA) is 57.2 Å². The molecule has 5 heteroatoms. The van der Waals surface area contributed by atoms with Crippen LogP contribution >= 0.6 is 0 Å². The van der Waals surface area contributed by atoms with E-state index in [4.69, 9.17) is 18.9 Å². The molecule has 0 heterocycles. The van der Waals surface area contributed by atoms with Crippen LogP contribution in [0.5, 0.6) is 0 Å². The lowest BCUT2D eigenvalue weighted by Gasteiger charge is -2.42. The quantitative estimate of drug-likeness (QED) is 0.662. The summed E-state index contributed by atoms with van der Waals surface area (Å²) in [6, 6.07) is 0. The highest BCUT2D eigenvalue weighted by Crippen LogP contribution is 2.45. The first-order chi connectivity index (χ1) is 6.62. The fraction of sp³-hybridized carbons (Fsp3) is 1.00. The zero-order valence-corrected chi connectivity index (χ0v) is 9.07. The zero-order chi connectivity index (χ0) is 10.8. The molecular formula is C9H18O5. The molecule has 1 saturated carbocycles. The highest BCUT2D eigenvalue weighted by atomic mass is 16.8. The summed E-state index contributed by atoms with van der Waals surface area (Å²) >= 11 is 0.